The van der Waals surface area contributed by atoms with Gasteiger partial charge in [0.1, 0.15) is 0 Å². The second-order valence-corrected chi connectivity index (χ2v) is 5.68. The molecule has 1 aromatic heterocycles. The zero-order chi connectivity index (χ0) is 13.9. The van der Waals surface area contributed by atoms with Crippen LogP contribution in [-0.2, 0) is 6.42 Å². The van der Waals surface area contributed by atoms with Gasteiger partial charge in [-0.25, -0.2) is 0 Å². The average molecular weight is 328 g/mol. The molecule has 0 amide bonds. The number of hydrogen-bond acceptors (Lipinski definition) is 1. The van der Waals surface area contributed by atoms with Crippen LogP contribution in [-0.4, -0.2) is 10.5 Å². The van der Waals surface area contributed by atoms with E-state index < -0.39 is 0 Å². The monoisotopic (exact) mass is 327 g/mol. The van der Waals surface area contributed by atoms with Crippen molar-refractivity contribution in [3.63, 3.8) is 0 Å². The van der Waals surface area contributed by atoms with Crippen LogP contribution < -0.4 is 0 Å². The van der Waals surface area contributed by atoms with E-state index in [2.05, 4.69) is 22.0 Å². The average Bonchev–Trinajstić information content (AvgIpc) is 2.89. The molecule has 0 bridgehead atoms. The Hall–Kier alpha value is -1.87. The maximum atomic E-state index is 12.3. The van der Waals surface area contributed by atoms with Gasteiger partial charge in [0.15, 0.2) is 0 Å². The van der Waals surface area contributed by atoms with Crippen LogP contribution in [0.3, 0.4) is 0 Å². The second-order valence-electron chi connectivity index (χ2n) is 4.77. The van der Waals surface area contributed by atoms with Crippen molar-refractivity contribution in [2.45, 2.75) is 12.8 Å². The summed E-state index contributed by atoms with van der Waals surface area (Å²) >= 11 is 3.45. The Balaban J connectivity index is 1.76. The van der Waals surface area contributed by atoms with Crippen LogP contribution in [0.15, 0.2) is 65.3 Å². The lowest BCUT2D eigenvalue weighted by molar-refractivity contribution is 0.0908. The fraction of sp³-hybridized carbons (Fsp3) is 0.118. The number of aryl methyl sites for hydroxylation is 1. The van der Waals surface area contributed by atoms with E-state index in [1.807, 2.05) is 54.7 Å². The number of para-hydroxylation sites is 1. The Labute approximate surface area is 126 Å². The smallest absolute Gasteiger partial charge is 0.231 e. The molecule has 0 radical (unpaired) electrons. The molecule has 20 heavy (non-hydrogen) atoms. The molecule has 2 aromatic carbocycles. The normalized spacial score (nSPS) is 10.8. The van der Waals surface area contributed by atoms with Crippen LogP contribution >= 0.6 is 15.9 Å². The van der Waals surface area contributed by atoms with E-state index in [1.165, 1.54) is 5.56 Å². The molecule has 0 N–H and O–H groups in total. The highest BCUT2D eigenvalue weighted by Crippen LogP contribution is 2.17. The number of hydrogen-bond donors (Lipinski definition) is 0. The predicted molar refractivity (Wildman–Crippen MR) is 85.0 cm³/mol. The third-order valence-corrected chi connectivity index (χ3v) is 3.88. The van der Waals surface area contributed by atoms with E-state index in [1.54, 1.807) is 4.57 Å². The molecule has 3 aromatic rings. The summed E-state index contributed by atoms with van der Waals surface area (Å²) in [4.78, 5) is 12.3. The zero-order valence-electron chi connectivity index (χ0n) is 10.9. The van der Waals surface area contributed by atoms with Crippen LogP contribution in [0, 0.1) is 0 Å². The molecular formula is C17H14BrNO. The molecule has 0 aliphatic heterocycles. The third kappa shape index (κ3) is 2.68. The number of carbonyl (C=O) groups excluding carboxylic acids is 1. The molecule has 0 spiro atoms. The van der Waals surface area contributed by atoms with Crippen molar-refractivity contribution >= 4 is 32.7 Å². The number of nitrogens with zero attached hydrogens (tertiary/aromatic N) is 1. The number of rotatable bonds is 3. The number of carbonyl (C=O) groups is 1. The molecule has 0 atom stereocenters. The summed E-state index contributed by atoms with van der Waals surface area (Å²) in [6.45, 7) is 0. The predicted octanol–water partition coefficient (Wildman–Crippen LogP) is 4.68. The van der Waals surface area contributed by atoms with Gasteiger partial charge in [0, 0.05) is 22.5 Å². The molecule has 3 heteroatoms. The first-order valence-electron chi connectivity index (χ1n) is 6.58. The lowest BCUT2D eigenvalue weighted by Crippen LogP contribution is -2.10. The number of halogens is 1. The van der Waals surface area contributed by atoms with Crippen molar-refractivity contribution in [1.82, 2.24) is 4.57 Å². The molecular weight excluding hydrogens is 314 g/mol. The summed E-state index contributed by atoms with van der Waals surface area (Å²) in [7, 11) is 0. The van der Waals surface area contributed by atoms with Crippen molar-refractivity contribution in [2.75, 3.05) is 0 Å². The molecule has 0 aliphatic carbocycles. The summed E-state index contributed by atoms with van der Waals surface area (Å²) in [6, 6.07) is 18.0. The maximum Gasteiger partial charge on any atom is 0.231 e. The SMILES string of the molecule is O=C(CCc1cccc(Br)c1)n1ccc2ccccc21. The number of aromatic nitrogens is 1. The van der Waals surface area contributed by atoms with Gasteiger partial charge in [0.2, 0.25) is 5.91 Å². The molecule has 0 unspecified atom stereocenters. The van der Waals surface area contributed by atoms with Crippen LogP contribution in [0.2, 0.25) is 0 Å². The third-order valence-electron chi connectivity index (χ3n) is 3.38. The van der Waals surface area contributed by atoms with Gasteiger partial charge in [-0.15, -0.1) is 0 Å². The van der Waals surface area contributed by atoms with Crippen LogP contribution in [0.5, 0.6) is 0 Å². The van der Waals surface area contributed by atoms with Crippen molar-refractivity contribution < 1.29 is 4.79 Å². The van der Waals surface area contributed by atoms with Crippen molar-refractivity contribution in [3.8, 4) is 0 Å². The minimum atomic E-state index is 0.131. The molecule has 2 nitrogen and oxygen atoms in total. The Morgan fingerprint density at radius 1 is 1.05 bits per heavy atom. The van der Waals surface area contributed by atoms with Gasteiger partial charge in [0.25, 0.3) is 0 Å². The van der Waals surface area contributed by atoms with E-state index in [0.29, 0.717) is 6.42 Å². The van der Waals surface area contributed by atoms with Gasteiger partial charge in [-0.05, 0) is 36.2 Å². The minimum absolute atomic E-state index is 0.131. The molecule has 0 saturated carbocycles. The molecule has 100 valence electrons. The van der Waals surface area contributed by atoms with Gasteiger partial charge < -0.3 is 0 Å². The Morgan fingerprint density at radius 2 is 1.90 bits per heavy atom. The highest BCUT2D eigenvalue weighted by Gasteiger charge is 2.08. The zero-order valence-corrected chi connectivity index (χ0v) is 12.5. The first-order valence-corrected chi connectivity index (χ1v) is 7.37. The van der Waals surface area contributed by atoms with Gasteiger partial charge in [-0.2, -0.15) is 0 Å². The minimum Gasteiger partial charge on any atom is -0.287 e. The van der Waals surface area contributed by atoms with Crippen LogP contribution in [0.1, 0.15) is 16.8 Å². The topological polar surface area (TPSA) is 22.0 Å². The fourth-order valence-electron chi connectivity index (χ4n) is 2.36. The molecule has 0 saturated heterocycles. The quantitative estimate of drug-likeness (QED) is 0.684. The summed E-state index contributed by atoms with van der Waals surface area (Å²) in [5.41, 5.74) is 2.15. The molecule has 0 aliphatic rings. The summed E-state index contributed by atoms with van der Waals surface area (Å²) in [5.74, 6) is 0.131. The molecule has 0 fully saturated rings. The fourth-order valence-corrected chi connectivity index (χ4v) is 2.81. The lowest BCUT2D eigenvalue weighted by Gasteiger charge is -2.05. The van der Waals surface area contributed by atoms with Crippen molar-refractivity contribution in [1.29, 1.82) is 0 Å². The van der Waals surface area contributed by atoms with Gasteiger partial charge in [-0.3, -0.25) is 9.36 Å². The van der Waals surface area contributed by atoms with Gasteiger partial charge in [-0.1, -0.05) is 46.3 Å². The van der Waals surface area contributed by atoms with Gasteiger partial charge >= 0.3 is 0 Å². The highest BCUT2D eigenvalue weighted by atomic mass is 79.9. The van der Waals surface area contributed by atoms with E-state index in [4.69, 9.17) is 0 Å². The first-order chi connectivity index (χ1) is 9.74. The second kappa shape index (κ2) is 5.63. The van der Waals surface area contributed by atoms with E-state index in [9.17, 15) is 4.79 Å². The van der Waals surface area contributed by atoms with E-state index in [0.717, 1.165) is 21.8 Å². The lowest BCUT2D eigenvalue weighted by atomic mass is 10.1. The molecule has 3 rings (SSSR count). The van der Waals surface area contributed by atoms with Crippen LogP contribution in [0.25, 0.3) is 10.9 Å². The number of benzene rings is 2. The van der Waals surface area contributed by atoms with Crippen molar-refractivity contribution in [3.05, 3.63) is 70.8 Å². The maximum absolute atomic E-state index is 12.3. The Bertz CT molecular complexity index is 760. The Morgan fingerprint density at radius 3 is 2.75 bits per heavy atom. The molecule has 1 heterocycles. The highest BCUT2D eigenvalue weighted by molar-refractivity contribution is 9.10. The number of fused-ring (bicyclic) bond motifs is 1. The summed E-state index contributed by atoms with van der Waals surface area (Å²) < 4.78 is 2.79. The Kier molecular flexibility index (Phi) is 3.70. The van der Waals surface area contributed by atoms with Crippen LogP contribution in [0.4, 0.5) is 0 Å². The van der Waals surface area contributed by atoms with E-state index in [-0.39, 0.29) is 5.91 Å². The largest absolute Gasteiger partial charge is 0.287 e. The van der Waals surface area contributed by atoms with Crippen molar-refractivity contribution in [2.24, 2.45) is 0 Å². The van der Waals surface area contributed by atoms with Gasteiger partial charge in [0.05, 0.1) is 5.52 Å². The summed E-state index contributed by atoms with van der Waals surface area (Å²) in [6.07, 6.45) is 3.12. The standard InChI is InChI=1S/C17H14BrNO/c18-15-6-3-4-13(12-15)8-9-17(20)19-11-10-14-5-1-2-7-16(14)19/h1-7,10-12H,8-9H2. The van der Waals surface area contributed by atoms with E-state index >= 15 is 0 Å². The first kappa shape index (κ1) is 13.1. The summed E-state index contributed by atoms with van der Waals surface area (Å²) in [5, 5.41) is 1.10.